The first-order valence-corrected chi connectivity index (χ1v) is 6.73. The highest BCUT2D eigenvalue weighted by atomic mass is 79.9. The van der Waals surface area contributed by atoms with Gasteiger partial charge in [-0.05, 0) is 51.0 Å². The number of hydrogen-bond donors (Lipinski definition) is 1. The van der Waals surface area contributed by atoms with Crippen molar-refractivity contribution in [3.8, 4) is 0 Å². The van der Waals surface area contributed by atoms with Crippen LogP contribution in [0.5, 0.6) is 0 Å². The van der Waals surface area contributed by atoms with Gasteiger partial charge in [0, 0.05) is 16.6 Å². The van der Waals surface area contributed by atoms with E-state index in [1.165, 1.54) is 0 Å². The number of carbonyl (C=O) groups excluding carboxylic acids is 1. The summed E-state index contributed by atoms with van der Waals surface area (Å²) in [4.78, 5) is 11.6. The molecule has 0 aliphatic rings. The summed E-state index contributed by atoms with van der Waals surface area (Å²) in [5, 5.41) is 0. The minimum absolute atomic E-state index is 0.174. The molecule has 0 aliphatic carbocycles. The van der Waals surface area contributed by atoms with Crippen molar-refractivity contribution in [2.75, 3.05) is 12.3 Å². The van der Waals surface area contributed by atoms with Crippen LogP contribution in [-0.2, 0) is 16.0 Å². The molecule has 0 saturated carbocycles. The zero-order valence-corrected chi connectivity index (χ0v) is 12.9. The summed E-state index contributed by atoms with van der Waals surface area (Å²) in [7, 11) is 0. The van der Waals surface area contributed by atoms with Crippen molar-refractivity contribution in [3.05, 3.63) is 27.7 Å². The van der Waals surface area contributed by atoms with Gasteiger partial charge in [0.1, 0.15) is 0 Å². The van der Waals surface area contributed by atoms with E-state index in [0.29, 0.717) is 13.0 Å². The van der Waals surface area contributed by atoms with Gasteiger partial charge in [-0.1, -0.05) is 15.9 Å². The Kier molecular flexibility index (Phi) is 4.79. The maximum absolute atomic E-state index is 11.6. The Morgan fingerprint density at radius 3 is 2.50 bits per heavy atom. The molecule has 3 nitrogen and oxygen atoms in total. The predicted molar refractivity (Wildman–Crippen MR) is 77.4 cm³/mol. The van der Waals surface area contributed by atoms with Gasteiger partial charge in [0.2, 0.25) is 0 Å². The number of anilines is 1. The Morgan fingerprint density at radius 1 is 1.39 bits per heavy atom. The molecule has 0 radical (unpaired) electrons. The van der Waals surface area contributed by atoms with Gasteiger partial charge in [-0.25, -0.2) is 0 Å². The molecule has 0 aromatic heterocycles. The van der Waals surface area contributed by atoms with Gasteiger partial charge in [-0.2, -0.15) is 0 Å². The third-order valence-corrected chi connectivity index (χ3v) is 3.35. The normalized spacial score (nSPS) is 11.4. The van der Waals surface area contributed by atoms with Crippen molar-refractivity contribution >= 4 is 27.6 Å². The highest BCUT2D eigenvalue weighted by Crippen LogP contribution is 2.24. The molecule has 0 amide bonds. The van der Waals surface area contributed by atoms with Crippen molar-refractivity contribution in [1.29, 1.82) is 0 Å². The summed E-state index contributed by atoms with van der Waals surface area (Å²) >= 11 is 3.48. The maximum Gasteiger partial charge on any atom is 0.311 e. The summed E-state index contributed by atoms with van der Waals surface area (Å²) in [6, 6.07) is 3.79. The van der Waals surface area contributed by atoms with Crippen molar-refractivity contribution in [2.45, 2.75) is 34.1 Å². The van der Waals surface area contributed by atoms with Gasteiger partial charge in [-0.3, -0.25) is 4.79 Å². The molecule has 0 bridgehead atoms. The molecule has 2 N–H and O–H groups in total. The van der Waals surface area contributed by atoms with Crippen molar-refractivity contribution in [2.24, 2.45) is 5.41 Å². The number of halogens is 1. The lowest BCUT2D eigenvalue weighted by Gasteiger charge is -2.17. The summed E-state index contributed by atoms with van der Waals surface area (Å²) in [6.45, 7) is 7.93. The summed E-state index contributed by atoms with van der Waals surface area (Å²) in [6.07, 6.45) is 0.689. The lowest BCUT2D eigenvalue weighted by molar-refractivity contribution is -0.152. The van der Waals surface area contributed by atoms with Crippen molar-refractivity contribution in [1.82, 2.24) is 0 Å². The van der Waals surface area contributed by atoms with Crippen LogP contribution in [0.1, 0.15) is 31.9 Å². The van der Waals surface area contributed by atoms with Crippen LogP contribution in [0.2, 0.25) is 0 Å². The number of carbonyl (C=O) groups is 1. The summed E-state index contributed by atoms with van der Waals surface area (Å²) in [5.41, 5.74) is 8.26. The number of benzene rings is 1. The Balaban J connectivity index is 2.63. The fourth-order valence-electron chi connectivity index (χ4n) is 1.58. The first kappa shape index (κ1) is 15.0. The molecule has 0 atom stereocenters. The van der Waals surface area contributed by atoms with Crippen molar-refractivity contribution in [3.63, 3.8) is 0 Å². The van der Waals surface area contributed by atoms with E-state index in [9.17, 15) is 4.79 Å². The van der Waals surface area contributed by atoms with E-state index in [2.05, 4.69) is 15.9 Å². The molecule has 0 saturated heterocycles. The molecule has 1 aromatic carbocycles. The molecular formula is C14H20BrNO2. The van der Waals surface area contributed by atoms with Crippen LogP contribution in [0.4, 0.5) is 5.69 Å². The number of nitrogens with two attached hydrogens (primary N) is 1. The minimum Gasteiger partial charge on any atom is -0.465 e. The van der Waals surface area contributed by atoms with E-state index in [1.54, 1.807) is 0 Å². The molecule has 0 aliphatic heterocycles. The number of rotatable bonds is 3. The number of nitrogen functional groups attached to an aromatic ring is 1. The van der Waals surface area contributed by atoms with Gasteiger partial charge in [0.05, 0.1) is 12.0 Å². The van der Waals surface area contributed by atoms with Gasteiger partial charge in [0.25, 0.3) is 0 Å². The lowest BCUT2D eigenvalue weighted by atomic mass is 9.97. The zero-order valence-electron chi connectivity index (χ0n) is 11.3. The predicted octanol–water partition coefficient (Wildman–Crippen LogP) is 3.47. The molecule has 100 valence electrons. The van der Waals surface area contributed by atoms with Crippen LogP contribution in [0.3, 0.4) is 0 Å². The van der Waals surface area contributed by atoms with E-state index >= 15 is 0 Å². The number of aryl methyl sites for hydroxylation is 1. The fourth-order valence-corrected chi connectivity index (χ4v) is 2.35. The number of hydrogen-bond acceptors (Lipinski definition) is 3. The Hall–Kier alpha value is -1.03. The largest absolute Gasteiger partial charge is 0.465 e. The first-order chi connectivity index (χ1) is 8.21. The molecule has 0 spiro atoms. The highest BCUT2D eigenvalue weighted by Gasteiger charge is 2.22. The third kappa shape index (κ3) is 4.02. The summed E-state index contributed by atoms with van der Waals surface area (Å²) in [5.74, 6) is -0.174. The minimum atomic E-state index is -0.451. The van der Waals surface area contributed by atoms with Gasteiger partial charge in [0.15, 0.2) is 0 Å². The van der Waals surface area contributed by atoms with E-state index in [0.717, 1.165) is 21.3 Å². The molecule has 1 aromatic rings. The Morgan fingerprint density at radius 2 is 2.00 bits per heavy atom. The molecule has 0 unspecified atom stereocenters. The van der Waals surface area contributed by atoms with E-state index < -0.39 is 5.41 Å². The van der Waals surface area contributed by atoms with E-state index in [4.69, 9.17) is 10.5 Å². The average molecular weight is 314 g/mol. The molecule has 0 heterocycles. The molecule has 1 rings (SSSR count). The van der Waals surface area contributed by atoms with Gasteiger partial charge < -0.3 is 10.5 Å². The number of ether oxygens (including phenoxy) is 1. The van der Waals surface area contributed by atoms with E-state index in [-0.39, 0.29) is 5.97 Å². The molecule has 4 heteroatoms. The Labute approximate surface area is 117 Å². The van der Waals surface area contributed by atoms with Crippen molar-refractivity contribution < 1.29 is 9.53 Å². The molecular weight excluding hydrogens is 294 g/mol. The number of esters is 1. The summed E-state index contributed by atoms with van der Waals surface area (Å²) < 4.78 is 6.22. The van der Waals surface area contributed by atoms with Crippen LogP contribution in [-0.4, -0.2) is 12.6 Å². The second-order valence-corrected chi connectivity index (χ2v) is 6.29. The lowest BCUT2D eigenvalue weighted by Crippen LogP contribution is -2.23. The second kappa shape index (κ2) is 5.74. The molecule has 18 heavy (non-hydrogen) atoms. The highest BCUT2D eigenvalue weighted by molar-refractivity contribution is 9.10. The molecule has 0 fully saturated rings. The van der Waals surface area contributed by atoms with Crippen LogP contribution >= 0.6 is 15.9 Å². The van der Waals surface area contributed by atoms with Gasteiger partial charge in [-0.15, -0.1) is 0 Å². The quantitative estimate of drug-likeness (QED) is 0.686. The van der Waals surface area contributed by atoms with E-state index in [1.807, 2.05) is 39.8 Å². The maximum atomic E-state index is 11.6. The fraction of sp³-hybridized carbons (Fsp3) is 0.500. The monoisotopic (exact) mass is 313 g/mol. The average Bonchev–Trinajstić information content (AvgIpc) is 2.19. The van der Waals surface area contributed by atoms with Crippen LogP contribution in [0.15, 0.2) is 16.6 Å². The smallest absolute Gasteiger partial charge is 0.311 e. The van der Waals surface area contributed by atoms with Crippen LogP contribution in [0, 0.1) is 12.3 Å². The van der Waals surface area contributed by atoms with Crippen LogP contribution in [0.25, 0.3) is 0 Å². The van der Waals surface area contributed by atoms with Gasteiger partial charge >= 0.3 is 5.97 Å². The SMILES string of the molecule is Cc1cc(N)cc(Br)c1CCOC(=O)C(C)(C)C. The first-order valence-electron chi connectivity index (χ1n) is 5.93. The topological polar surface area (TPSA) is 52.3 Å². The Bertz CT molecular complexity index is 427. The second-order valence-electron chi connectivity index (χ2n) is 5.43. The third-order valence-electron chi connectivity index (χ3n) is 2.64. The zero-order chi connectivity index (χ0) is 13.9. The van der Waals surface area contributed by atoms with Crippen LogP contribution < -0.4 is 5.73 Å². The standard InChI is InChI=1S/C14H20BrNO2/c1-9-7-10(16)8-12(15)11(9)5-6-18-13(17)14(2,3)4/h7-8H,5-6,16H2,1-4H3.